The van der Waals surface area contributed by atoms with E-state index in [2.05, 4.69) is 25.9 Å². The third kappa shape index (κ3) is 5.40. The second-order valence-corrected chi connectivity index (χ2v) is 10.0. The fourth-order valence-electron chi connectivity index (χ4n) is 3.76. The lowest BCUT2D eigenvalue weighted by molar-refractivity contribution is 0.0965. The Labute approximate surface area is 205 Å². The van der Waals surface area contributed by atoms with Crippen LogP contribution in [0.3, 0.4) is 0 Å². The van der Waals surface area contributed by atoms with Crippen LogP contribution in [0.4, 0.5) is 0 Å². The van der Waals surface area contributed by atoms with Gasteiger partial charge in [0.15, 0.2) is 11.4 Å². The van der Waals surface area contributed by atoms with E-state index in [1.165, 1.54) is 0 Å². The number of rotatable bonds is 9. The highest BCUT2D eigenvalue weighted by Crippen LogP contribution is 2.28. The number of Topliss-reactive ketones (excluding diaryl/α,β-unsaturated/α-hetero) is 1. The molecule has 1 aliphatic carbocycles. The van der Waals surface area contributed by atoms with Gasteiger partial charge >= 0.3 is 0 Å². The minimum atomic E-state index is -0.176. The monoisotopic (exact) mass is 481 g/mol. The molecule has 3 aromatic rings. The van der Waals surface area contributed by atoms with Gasteiger partial charge in [-0.3, -0.25) is 4.79 Å². The predicted molar refractivity (Wildman–Crippen MR) is 132 cm³/mol. The number of hydrogen-bond donors (Lipinski definition) is 1. The number of carbonyl (C=O) groups is 1. The fraction of sp³-hybridized carbons (Fsp3) is 0.538. The van der Waals surface area contributed by atoms with Crippen molar-refractivity contribution >= 4 is 11.4 Å². The number of aliphatic hydroxyl groups is 1. The molecule has 9 nitrogen and oxygen atoms in total. The molecule has 0 bridgehead atoms. The minimum absolute atomic E-state index is 0.0183. The van der Waals surface area contributed by atoms with Crippen molar-refractivity contribution in [2.75, 3.05) is 19.8 Å². The van der Waals surface area contributed by atoms with E-state index in [-0.39, 0.29) is 37.0 Å². The number of aryl methyl sites for hydroxylation is 1. The van der Waals surface area contributed by atoms with E-state index in [9.17, 15) is 9.90 Å². The Kier molecular flexibility index (Phi) is 6.98. The summed E-state index contributed by atoms with van der Waals surface area (Å²) in [6.07, 6.45) is 2.03. The van der Waals surface area contributed by atoms with Crippen molar-refractivity contribution in [3.63, 3.8) is 0 Å². The number of carbonyl (C=O) groups excluding carboxylic acids is 1. The van der Waals surface area contributed by atoms with Crippen molar-refractivity contribution in [2.24, 2.45) is 4.99 Å². The highest BCUT2D eigenvalue weighted by atomic mass is 16.5. The molecule has 2 aromatic heterocycles. The van der Waals surface area contributed by atoms with Gasteiger partial charge in [0.05, 0.1) is 19.3 Å². The van der Waals surface area contributed by atoms with E-state index in [0.29, 0.717) is 35.1 Å². The number of hydrogen-bond acceptors (Lipinski definition) is 7. The van der Waals surface area contributed by atoms with Crippen LogP contribution in [0.5, 0.6) is 11.6 Å². The highest BCUT2D eigenvalue weighted by molar-refractivity contribution is 5.96. The Morgan fingerprint density at radius 3 is 2.51 bits per heavy atom. The summed E-state index contributed by atoms with van der Waals surface area (Å²) in [4.78, 5) is 18.3. The number of ketones is 1. The van der Waals surface area contributed by atoms with Crippen LogP contribution in [-0.2, 0) is 12.0 Å². The molecule has 1 fully saturated rings. The first kappa shape index (κ1) is 24.9. The summed E-state index contributed by atoms with van der Waals surface area (Å²) in [5, 5.41) is 18.6. The number of aromatic nitrogens is 4. The lowest BCUT2D eigenvalue weighted by atomic mass is 9.85. The number of benzene rings is 1. The quantitative estimate of drug-likeness (QED) is 0.471. The predicted octanol–water partition coefficient (Wildman–Crippen LogP) is 3.16. The average Bonchev–Trinajstić information content (AvgIpc) is 3.57. The molecule has 35 heavy (non-hydrogen) atoms. The van der Waals surface area contributed by atoms with Crippen LogP contribution in [-0.4, -0.2) is 56.1 Å². The third-order valence-corrected chi connectivity index (χ3v) is 6.12. The van der Waals surface area contributed by atoms with Gasteiger partial charge in [-0.15, -0.1) is 10.2 Å². The molecule has 9 heteroatoms. The smallest absolute Gasteiger partial charge is 0.245 e. The molecular formula is C26H35N5O4. The van der Waals surface area contributed by atoms with Gasteiger partial charge in [-0.2, -0.15) is 4.52 Å². The Morgan fingerprint density at radius 1 is 1.14 bits per heavy atom. The van der Waals surface area contributed by atoms with Crippen molar-refractivity contribution in [2.45, 2.75) is 72.4 Å². The van der Waals surface area contributed by atoms with Gasteiger partial charge in [-0.05, 0) is 62.8 Å². The molecule has 1 aromatic carbocycles. The molecule has 0 spiro atoms. The van der Waals surface area contributed by atoms with E-state index < -0.39 is 0 Å². The zero-order chi connectivity index (χ0) is 25.3. The van der Waals surface area contributed by atoms with Gasteiger partial charge in [-0.25, -0.2) is 9.67 Å². The standard InChI is InChI=1S/C26H35N5O4/c1-7-34-24-17(3)16(2)23-28-30(25(31(23)29-24)27-20-8-9-20)15-22(33)18-12-19(26(4,5)6)14-21(13-18)35-11-10-32/h12-14,20,32H,7-11,15H2,1-6H3. The summed E-state index contributed by atoms with van der Waals surface area (Å²) in [6, 6.07) is 5.77. The largest absolute Gasteiger partial charge is 0.491 e. The molecule has 1 N–H and O–H groups in total. The zero-order valence-electron chi connectivity index (χ0n) is 21.5. The van der Waals surface area contributed by atoms with Gasteiger partial charge in [-0.1, -0.05) is 20.8 Å². The second kappa shape index (κ2) is 9.81. The van der Waals surface area contributed by atoms with E-state index in [1.54, 1.807) is 15.3 Å². The molecule has 0 unspecified atom stereocenters. The first-order chi connectivity index (χ1) is 16.6. The summed E-state index contributed by atoms with van der Waals surface area (Å²) in [7, 11) is 0. The van der Waals surface area contributed by atoms with Crippen LogP contribution in [0.25, 0.3) is 5.65 Å². The lowest BCUT2D eigenvalue weighted by Gasteiger charge is -2.21. The summed E-state index contributed by atoms with van der Waals surface area (Å²) in [6.45, 7) is 12.7. The Bertz CT molecular complexity index is 1310. The first-order valence-corrected chi connectivity index (χ1v) is 12.2. The molecule has 2 heterocycles. The van der Waals surface area contributed by atoms with Gasteiger partial charge < -0.3 is 14.6 Å². The maximum atomic E-state index is 13.5. The molecule has 1 aliphatic rings. The summed E-state index contributed by atoms with van der Waals surface area (Å²) in [5.41, 5.74) is 4.40. The van der Waals surface area contributed by atoms with E-state index in [1.807, 2.05) is 32.9 Å². The normalized spacial score (nSPS) is 14.5. The molecule has 0 atom stereocenters. The topological polar surface area (TPSA) is 103 Å². The SMILES string of the molecule is CCOc1nn2c(=NC3CC3)n(CC(=O)c3cc(OCCO)cc(C(C)(C)C)c3)nc2c(C)c1C. The molecule has 0 amide bonds. The van der Waals surface area contributed by atoms with Crippen LogP contribution in [0.15, 0.2) is 23.2 Å². The minimum Gasteiger partial charge on any atom is -0.491 e. The van der Waals surface area contributed by atoms with Gasteiger partial charge in [0.25, 0.3) is 0 Å². The highest BCUT2D eigenvalue weighted by Gasteiger charge is 2.24. The summed E-state index contributed by atoms with van der Waals surface area (Å²) in [5.74, 6) is 1.00. The summed E-state index contributed by atoms with van der Waals surface area (Å²) >= 11 is 0. The van der Waals surface area contributed by atoms with E-state index in [0.717, 1.165) is 29.5 Å². The lowest BCUT2D eigenvalue weighted by Crippen LogP contribution is -2.28. The molecule has 0 saturated heterocycles. The van der Waals surface area contributed by atoms with E-state index in [4.69, 9.17) is 19.6 Å². The second-order valence-electron chi connectivity index (χ2n) is 10.0. The molecule has 0 radical (unpaired) electrons. The molecule has 1 saturated carbocycles. The van der Waals surface area contributed by atoms with Gasteiger partial charge in [0, 0.05) is 16.7 Å². The number of ether oxygens (including phenoxy) is 2. The Morgan fingerprint density at radius 2 is 1.89 bits per heavy atom. The molecular weight excluding hydrogens is 446 g/mol. The average molecular weight is 482 g/mol. The fourth-order valence-corrected chi connectivity index (χ4v) is 3.76. The zero-order valence-corrected chi connectivity index (χ0v) is 21.5. The van der Waals surface area contributed by atoms with Crippen molar-refractivity contribution in [1.29, 1.82) is 0 Å². The Hall–Kier alpha value is -3.20. The van der Waals surface area contributed by atoms with Crippen molar-refractivity contribution in [3.05, 3.63) is 46.1 Å². The van der Waals surface area contributed by atoms with Crippen LogP contribution in [0.2, 0.25) is 0 Å². The number of fused-ring (bicyclic) bond motifs is 1. The third-order valence-electron chi connectivity index (χ3n) is 6.12. The van der Waals surface area contributed by atoms with Crippen molar-refractivity contribution in [1.82, 2.24) is 19.4 Å². The van der Waals surface area contributed by atoms with Crippen LogP contribution < -0.4 is 15.1 Å². The molecule has 188 valence electrons. The summed E-state index contributed by atoms with van der Waals surface area (Å²) < 4.78 is 14.7. The van der Waals surface area contributed by atoms with Crippen LogP contribution in [0.1, 0.15) is 67.6 Å². The van der Waals surface area contributed by atoms with E-state index >= 15 is 0 Å². The first-order valence-electron chi connectivity index (χ1n) is 12.2. The van der Waals surface area contributed by atoms with Gasteiger partial charge in [0.1, 0.15) is 18.9 Å². The van der Waals surface area contributed by atoms with Gasteiger partial charge in [0.2, 0.25) is 11.5 Å². The number of aliphatic hydroxyl groups excluding tert-OH is 1. The van der Waals surface area contributed by atoms with Crippen molar-refractivity contribution in [3.8, 4) is 11.6 Å². The molecule has 0 aliphatic heterocycles. The van der Waals surface area contributed by atoms with Crippen LogP contribution in [0, 0.1) is 13.8 Å². The maximum Gasteiger partial charge on any atom is 0.245 e. The molecule has 4 rings (SSSR count). The van der Waals surface area contributed by atoms with Crippen molar-refractivity contribution < 1.29 is 19.4 Å². The number of nitrogens with zero attached hydrogens (tertiary/aromatic N) is 5. The maximum absolute atomic E-state index is 13.5. The Balaban J connectivity index is 1.78. The van der Waals surface area contributed by atoms with Crippen LogP contribution >= 0.6 is 0 Å².